The zero-order chi connectivity index (χ0) is 23.3. The summed E-state index contributed by atoms with van der Waals surface area (Å²) in [7, 11) is 0. The fourth-order valence-electron chi connectivity index (χ4n) is 3.65. The van der Waals surface area contributed by atoms with Gasteiger partial charge in [0, 0.05) is 19.5 Å². The number of hydrogen-bond donors (Lipinski definition) is 1. The first kappa shape index (κ1) is 24.4. The number of rotatable bonds is 6. The predicted octanol–water partition coefficient (Wildman–Crippen LogP) is 4.47. The molecule has 11 heteroatoms. The van der Waals surface area contributed by atoms with Gasteiger partial charge < -0.3 is 15.0 Å². The van der Waals surface area contributed by atoms with Gasteiger partial charge in [-0.25, -0.2) is 9.18 Å². The summed E-state index contributed by atoms with van der Waals surface area (Å²) < 4.78 is 18.0. The topological polar surface area (TPSA) is 85.7 Å². The second-order valence-corrected chi connectivity index (χ2v) is 9.79. The van der Waals surface area contributed by atoms with Crippen LogP contribution in [0.5, 0.6) is 0 Å². The third kappa shape index (κ3) is 6.18. The van der Waals surface area contributed by atoms with Gasteiger partial charge in [-0.05, 0) is 37.5 Å². The second-order valence-electron chi connectivity index (χ2n) is 7.51. The van der Waals surface area contributed by atoms with Gasteiger partial charge in [-0.15, -0.1) is 0 Å². The number of allylic oxidation sites excluding steroid dienone is 1. The van der Waals surface area contributed by atoms with Gasteiger partial charge in [-0.1, -0.05) is 46.5 Å². The molecule has 3 rings (SSSR count). The number of piperidine rings is 1. The van der Waals surface area contributed by atoms with Gasteiger partial charge in [0.25, 0.3) is 9.70 Å². The zero-order valence-corrected chi connectivity index (χ0v) is 19.4. The Balaban J connectivity index is 1.58. The number of benzene rings is 1. The molecule has 2 aliphatic heterocycles. The molecule has 0 aliphatic carbocycles. The van der Waals surface area contributed by atoms with Crippen molar-refractivity contribution in [3.05, 3.63) is 35.7 Å². The number of unbranched alkanes of at least 4 members (excludes halogenated alkanes) is 1. The Bertz CT molecular complexity index is 935. The maximum atomic E-state index is 14.9. The molecule has 2 amide bonds. The van der Waals surface area contributed by atoms with Crippen LogP contribution in [0, 0.1) is 17.1 Å². The Morgan fingerprint density at radius 2 is 2.06 bits per heavy atom. The van der Waals surface area contributed by atoms with E-state index in [1.807, 2.05) is 4.90 Å². The van der Waals surface area contributed by atoms with Gasteiger partial charge in [-0.3, -0.25) is 9.69 Å². The van der Waals surface area contributed by atoms with Crippen molar-refractivity contribution in [3.8, 4) is 6.07 Å². The number of halogens is 4. The van der Waals surface area contributed by atoms with Crippen LogP contribution < -0.4 is 15.1 Å². The summed E-state index contributed by atoms with van der Waals surface area (Å²) in [5.41, 5.74) is 2.13. The van der Waals surface area contributed by atoms with Crippen molar-refractivity contribution < 1.29 is 18.7 Å². The van der Waals surface area contributed by atoms with E-state index in [0.717, 1.165) is 19.3 Å². The molecule has 0 saturated carbocycles. The molecule has 0 radical (unpaired) electrons. The number of nitrogens with one attached hydrogen (secondary N) is 1. The molecule has 2 saturated heterocycles. The summed E-state index contributed by atoms with van der Waals surface area (Å²) in [6, 6.07) is 6.75. The first-order chi connectivity index (χ1) is 15.2. The van der Waals surface area contributed by atoms with Crippen molar-refractivity contribution in [2.45, 2.75) is 35.6 Å². The number of anilines is 2. The summed E-state index contributed by atoms with van der Waals surface area (Å²) in [6.45, 7) is 1.46. The van der Waals surface area contributed by atoms with Crippen LogP contribution in [0.25, 0.3) is 0 Å². The minimum absolute atomic E-state index is 0.0342. The third-order valence-electron chi connectivity index (χ3n) is 5.30. The smallest absolute Gasteiger partial charge is 0.414 e. The highest BCUT2D eigenvalue weighted by Crippen LogP contribution is 2.31. The Morgan fingerprint density at radius 3 is 2.69 bits per heavy atom. The predicted molar refractivity (Wildman–Crippen MR) is 122 cm³/mol. The summed E-state index contributed by atoms with van der Waals surface area (Å²) in [6.07, 6.45) is 3.70. The molecule has 1 aromatic carbocycles. The van der Waals surface area contributed by atoms with Gasteiger partial charge >= 0.3 is 6.09 Å². The van der Waals surface area contributed by atoms with E-state index in [9.17, 15) is 14.0 Å². The van der Waals surface area contributed by atoms with Crippen LogP contribution in [-0.4, -0.2) is 48.1 Å². The monoisotopic (exact) mass is 502 g/mol. The lowest BCUT2D eigenvalue weighted by Crippen LogP contribution is -2.40. The normalized spacial score (nSPS) is 18.9. The summed E-state index contributed by atoms with van der Waals surface area (Å²) in [4.78, 5) is 27.1. The lowest BCUT2D eigenvalue weighted by molar-refractivity contribution is -0.120. The van der Waals surface area contributed by atoms with Gasteiger partial charge in [0.15, 0.2) is 0 Å². The van der Waals surface area contributed by atoms with E-state index >= 15 is 0 Å². The SMILES string of the molecule is N#CCCC=C1CCN(c2ccc(N3CC(CNC(=O)C(Cl)(Cl)Cl)OC3=O)cc2F)CC1. The van der Waals surface area contributed by atoms with E-state index in [-0.39, 0.29) is 13.1 Å². The largest absolute Gasteiger partial charge is 0.442 e. The molecule has 2 heterocycles. The van der Waals surface area contributed by atoms with E-state index in [4.69, 9.17) is 44.8 Å². The molecule has 32 heavy (non-hydrogen) atoms. The summed E-state index contributed by atoms with van der Waals surface area (Å²) in [5.74, 6) is -1.25. The van der Waals surface area contributed by atoms with Crippen LogP contribution in [0.1, 0.15) is 25.7 Å². The average Bonchev–Trinajstić information content (AvgIpc) is 3.12. The minimum Gasteiger partial charge on any atom is -0.442 e. The van der Waals surface area contributed by atoms with Crippen LogP contribution in [0.4, 0.5) is 20.6 Å². The Kier molecular flexibility index (Phi) is 8.10. The zero-order valence-electron chi connectivity index (χ0n) is 17.1. The number of hydrogen-bond acceptors (Lipinski definition) is 5. The van der Waals surface area contributed by atoms with Crippen LogP contribution in [0.2, 0.25) is 0 Å². The van der Waals surface area contributed by atoms with Crippen LogP contribution in [0.15, 0.2) is 29.8 Å². The number of carbonyl (C=O) groups excluding carboxylic acids is 2. The molecular weight excluding hydrogens is 482 g/mol. The Hall–Kier alpha value is -2.21. The number of ether oxygens (including phenoxy) is 1. The Morgan fingerprint density at radius 1 is 1.34 bits per heavy atom. The molecule has 172 valence electrons. The highest BCUT2D eigenvalue weighted by molar-refractivity contribution is 6.76. The van der Waals surface area contributed by atoms with Crippen LogP contribution in [-0.2, 0) is 9.53 Å². The number of carbonyl (C=O) groups is 2. The Labute approximate surface area is 200 Å². The molecule has 1 atom stereocenters. The fourth-order valence-corrected chi connectivity index (χ4v) is 3.85. The van der Waals surface area contributed by atoms with Gasteiger partial charge in [0.2, 0.25) is 0 Å². The van der Waals surface area contributed by atoms with Gasteiger partial charge in [0.1, 0.15) is 11.9 Å². The van der Waals surface area contributed by atoms with E-state index in [1.54, 1.807) is 12.1 Å². The minimum atomic E-state index is -2.11. The molecule has 2 aliphatic rings. The first-order valence-corrected chi connectivity index (χ1v) is 11.2. The average molecular weight is 504 g/mol. The van der Waals surface area contributed by atoms with Crippen molar-refractivity contribution in [1.82, 2.24) is 5.32 Å². The number of amides is 2. The maximum Gasteiger partial charge on any atom is 0.414 e. The number of nitriles is 1. The van der Waals surface area contributed by atoms with E-state index in [0.29, 0.717) is 30.9 Å². The lowest BCUT2D eigenvalue weighted by atomic mass is 10.0. The molecular formula is C21H22Cl3FN4O3. The maximum absolute atomic E-state index is 14.9. The van der Waals surface area contributed by atoms with Gasteiger partial charge in [-0.2, -0.15) is 5.26 Å². The number of alkyl halides is 3. The summed E-state index contributed by atoms with van der Waals surface area (Å²) >= 11 is 16.5. The van der Waals surface area contributed by atoms with E-state index in [2.05, 4.69) is 17.5 Å². The molecule has 7 nitrogen and oxygen atoms in total. The highest BCUT2D eigenvalue weighted by atomic mass is 35.6. The quantitative estimate of drug-likeness (QED) is 0.352. The van der Waals surface area contributed by atoms with Crippen LogP contribution in [0.3, 0.4) is 0 Å². The molecule has 0 bridgehead atoms. The van der Waals surface area contributed by atoms with E-state index in [1.165, 1.54) is 16.5 Å². The molecule has 1 aromatic rings. The molecule has 2 fully saturated rings. The van der Waals surface area contributed by atoms with Crippen molar-refractivity contribution in [2.24, 2.45) is 0 Å². The molecule has 1 N–H and O–H groups in total. The third-order valence-corrected chi connectivity index (χ3v) is 5.82. The van der Waals surface area contributed by atoms with E-state index < -0.39 is 27.7 Å². The standard InChI is InChI=1S/C21H22Cl3FN4O3/c22-21(23,24)19(30)27-12-16-13-29(20(31)32-16)15-4-5-18(17(25)11-15)28-9-6-14(7-10-28)3-1-2-8-26/h3-5,11,16H,1-2,6-7,9-10,12-13H2,(H,27,30). The van der Waals surface area contributed by atoms with Gasteiger partial charge in [0.05, 0.1) is 30.5 Å². The molecule has 0 spiro atoms. The van der Waals surface area contributed by atoms with Crippen LogP contribution >= 0.6 is 34.8 Å². The first-order valence-electron chi connectivity index (χ1n) is 10.1. The lowest BCUT2D eigenvalue weighted by Gasteiger charge is -2.31. The summed E-state index contributed by atoms with van der Waals surface area (Å²) in [5, 5.41) is 11.0. The van der Waals surface area contributed by atoms with Crippen molar-refractivity contribution in [3.63, 3.8) is 0 Å². The second kappa shape index (κ2) is 10.6. The number of cyclic esters (lactones) is 1. The molecule has 0 aromatic heterocycles. The fraction of sp³-hybridized carbons (Fsp3) is 0.476. The van der Waals surface area contributed by atoms with Crippen molar-refractivity contribution in [1.29, 1.82) is 5.26 Å². The number of nitrogens with zero attached hydrogens (tertiary/aromatic N) is 3. The highest BCUT2D eigenvalue weighted by Gasteiger charge is 2.35. The van der Waals surface area contributed by atoms with Crippen molar-refractivity contribution in [2.75, 3.05) is 36.0 Å². The van der Waals surface area contributed by atoms with Crippen molar-refractivity contribution >= 4 is 58.2 Å². The molecule has 1 unspecified atom stereocenters.